The van der Waals surface area contributed by atoms with Crippen LogP contribution in [0.1, 0.15) is 18.5 Å². The number of carbonyl (C=O) groups is 2. The van der Waals surface area contributed by atoms with Gasteiger partial charge in [-0.05, 0) is 24.6 Å². The number of carbonyl (C=O) groups excluding carboxylic acids is 2. The van der Waals surface area contributed by atoms with Crippen LogP contribution in [0.5, 0.6) is 0 Å². The van der Waals surface area contributed by atoms with E-state index in [0.29, 0.717) is 11.3 Å². The number of rotatable bonds is 2. The molecular formula is C15H17BrN2O3. The maximum absolute atomic E-state index is 12.3. The molecule has 2 amide bonds. The van der Waals surface area contributed by atoms with Crippen LogP contribution in [-0.2, 0) is 9.53 Å². The minimum atomic E-state index is -0.450. The third-order valence-corrected chi connectivity index (χ3v) is 4.26. The van der Waals surface area contributed by atoms with E-state index in [2.05, 4.69) is 15.9 Å². The van der Waals surface area contributed by atoms with Gasteiger partial charge < -0.3 is 14.5 Å². The van der Waals surface area contributed by atoms with E-state index >= 15 is 0 Å². The Morgan fingerprint density at radius 3 is 2.33 bits per heavy atom. The number of nitrogens with zero attached hydrogens (tertiary/aromatic N) is 2. The second-order valence-corrected chi connectivity index (χ2v) is 5.81. The molecule has 0 N–H and O–H groups in total. The SMILES string of the molecule is COC(=O)C1=C(C)N(C)C(=O)N(C)C1c1ccc(Br)cc1. The third-order valence-electron chi connectivity index (χ3n) is 3.73. The number of esters is 1. The molecule has 1 aromatic rings. The summed E-state index contributed by atoms with van der Waals surface area (Å²) in [7, 11) is 4.67. The normalized spacial score (nSPS) is 19.1. The molecule has 0 saturated heterocycles. The van der Waals surface area contributed by atoms with Gasteiger partial charge in [-0.25, -0.2) is 9.59 Å². The van der Waals surface area contributed by atoms with E-state index in [4.69, 9.17) is 4.74 Å². The molecule has 5 nitrogen and oxygen atoms in total. The Hall–Kier alpha value is -1.82. The first-order valence-corrected chi connectivity index (χ1v) is 7.22. The minimum absolute atomic E-state index is 0.159. The summed E-state index contributed by atoms with van der Waals surface area (Å²) in [4.78, 5) is 27.5. The van der Waals surface area contributed by atoms with E-state index in [9.17, 15) is 9.59 Å². The highest BCUT2D eigenvalue weighted by Gasteiger charge is 2.38. The number of likely N-dealkylation sites (N-methyl/N-ethyl adjacent to an activating group) is 1. The number of hydrogen-bond acceptors (Lipinski definition) is 3. The van der Waals surface area contributed by atoms with Gasteiger partial charge in [0, 0.05) is 24.3 Å². The molecule has 0 aromatic heterocycles. The molecule has 0 aliphatic carbocycles. The minimum Gasteiger partial charge on any atom is -0.466 e. The van der Waals surface area contributed by atoms with Gasteiger partial charge >= 0.3 is 12.0 Å². The van der Waals surface area contributed by atoms with Crippen molar-refractivity contribution in [3.05, 3.63) is 45.6 Å². The van der Waals surface area contributed by atoms with Crippen molar-refractivity contribution in [1.29, 1.82) is 0 Å². The average molecular weight is 353 g/mol. The molecule has 1 aromatic carbocycles. The first-order valence-electron chi connectivity index (χ1n) is 6.43. The van der Waals surface area contributed by atoms with Crippen LogP contribution in [0.3, 0.4) is 0 Å². The molecule has 2 rings (SSSR count). The summed E-state index contributed by atoms with van der Waals surface area (Å²) < 4.78 is 5.84. The van der Waals surface area contributed by atoms with Crippen molar-refractivity contribution in [3.63, 3.8) is 0 Å². The van der Waals surface area contributed by atoms with Gasteiger partial charge in [0.05, 0.1) is 18.7 Å². The second-order valence-electron chi connectivity index (χ2n) is 4.90. The summed E-state index contributed by atoms with van der Waals surface area (Å²) in [6.45, 7) is 1.75. The van der Waals surface area contributed by atoms with Gasteiger partial charge in [-0.1, -0.05) is 28.1 Å². The summed E-state index contributed by atoms with van der Waals surface area (Å²) in [5.41, 5.74) is 1.95. The third kappa shape index (κ3) is 2.68. The fourth-order valence-electron chi connectivity index (χ4n) is 2.47. The monoisotopic (exact) mass is 352 g/mol. The molecule has 112 valence electrons. The lowest BCUT2D eigenvalue weighted by molar-refractivity contribution is -0.137. The fourth-order valence-corrected chi connectivity index (χ4v) is 2.73. The molecule has 21 heavy (non-hydrogen) atoms. The zero-order valence-electron chi connectivity index (χ0n) is 12.4. The standard InChI is InChI=1S/C15H17BrN2O3/c1-9-12(14(19)21-4)13(18(3)15(20)17(9)2)10-5-7-11(16)8-6-10/h5-8,13H,1-4H3. The highest BCUT2D eigenvalue weighted by Crippen LogP contribution is 2.36. The van der Waals surface area contributed by atoms with Crippen molar-refractivity contribution in [3.8, 4) is 0 Å². The zero-order valence-corrected chi connectivity index (χ0v) is 14.0. The number of hydrogen-bond donors (Lipinski definition) is 0. The number of ether oxygens (including phenoxy) is 1. The summed E-state index contributed by atoms with van der Waals surface area (Å²) in [5, 5.41) is 0. The second kappa shape index (κ2) is 5.89. The Labute approximate surface area is 132 Å². The number of urea groups is 1. The van der Waals surface area contributed by atoms with Crippen molar-refractivity contribution < 1.29 is 14.3 Å². The lowest BCUT2D eigenvalue weighted by Gasteiger charge is -2.39. The largest absolute Gasteiger partial charge is 0.466 e. The summed E-state index contributed by atoms with van der Waals surface area (Å²) in [6.07, 6.45) is 0. The van der Waals surface area contributed by atoms with E-state index in [-0.39, 0.29) is 6.03 Å². The first kappa shape index (κ1) is 15.6. The zero-order chi connectivity index (χ0) is 15.7. The van der Waals surface area contributed by atoms with E-state index in [1.807, 2.05) is 24.3 Å². The lowest BCUT2D eigenvalue weighted by Crippen LogP contribution is -2.47. The van der Waals surface area contributed by atoms with Crippen LogP contribution in [0.15, 0.2) is 40.0 Å². The Balaban J connectivity index is 2.60. The van der Waals surface area contributed by atoms with Crippen molar-refractivity contribution in [1.82, 2.24) is 9.80 Å². The molecule has 1 aliphatic heterocycles. The van der Waals surface area contributed by atoms with Gasteiger partial charge in [-0.2, -0.15) is 0 Å². The predicted octanol–water partition coefficient (Wildman–Crippen LogP) is 2.93. The van der Waals surface area contributed by atoms with Crippen LogP contribution >= 0.6 is 15.9 Å². The van der Waals surface area contributed by atoms with Crippen molar-refractivity contribution in [2.45, 2.75) is 13.0 Å². The maximum Gasteiger partial charge on any atom is 0.337 e. The molecule has 0 spiro atoms. The van der Waals surface area contributed by atoms with Crippen LogP contribution in [-0.4, -0.2) is 43.0 Å². The number of benzene rings is 1. The fraction of sp³-hybridized carbons (Fsp3) is 0.333. The van der Waals surface area contributed by atoms with Crippen LogP contribution in [0, 0.1) is 0 Å². The molecule has 0 saturated carbocycles. The molecule has 6 heteroatoms. The van der Waals surface area contributed by atoms with Gasteiger partial charge in [0.15, 0.2) is 0 Å². The lowest BCUT2D eigenvalue weighted by atomic mass is 9.94. The van der Waals surface area contributed by atoms with E-state index in [0.717, 1.165) is 10.0 Å². The Morgan fingerprint density at radius 1 is 1.24 bits per heavy atom. The van der Waals surface area contributed by atoms with Gasteiger partial charge in [-0.15, -0.1) is 0 Å². The molecule has 0 radical (unpaired) electrons. The Bertz CT molecular complexity index is 610. The molecule has 0 fully saturated rings. The van der Waals surface area contributed by atoms with Crippen LogP contribution < -0.4 is 0 Å². The van der Waals surface area contributed by atoms with Crippen molar-refractivity contribution in [2.24, 2.45) is 0 Å². The van der Waals surface area contributed by atoms with Crippen LogP contribution in [0.2, 0.25) is 0 Å². The van der Waals surface area contributed by atoms with E-state index in [1.165, 1.54) is 12.0 Å². The Kier molecular flexibility index (Phi) is 4.37. The molecule has 1 aliphatic rings. The molecule has 1 unspecified atom stereocenters. The Morgan fingerprint density at radius 2 is 1.81 bits per heavy atom. The molecular weight excluding hydrogens is 336 g/mol. The maximum atomic E-state index is 12.3. The highest BCUT2D eigenvalue weighted by atomic mass is 79.9. The highest BCUT2D eigenvalue weighted by molar-refractivity contribution is 9.10. The molecule has 1 atom stereocenters. The molecule has 0 bridgehead atoms. The average Bonchev–Trinajstić information content (AvgIpc) is 2.49. The van der Waals surface area contributed by atoms with Crippen LogP contribution in [0.4, 0.5) is 4.79 Å². The quantitative estimate of drug-likeness (QED) is 0.769. The summed E-state index contributed by atoms with van der Waals surface area (Å²) in [6, 6.07) is 6.94. The summed E-state index contributed by atoms with van der Waals surface area (Å²) >= 11 is 3.38. The predicted molar refractivity (Wildman–Crippen MR) is 82.5 cm³/mol. The van der Waals surface area contributed by atoms with Crippen molar-refractivity contribution in [2.75, 3.05) is 21.2 Å². The smallest absolute Gasteiger partial charge is 0.337 e. The van der Waals surface area contributed by atoms with Gasteiger partial charge in [0.1, 0.15) is 0 Å². The van der Waals surface area contributed by atoms with Gasteiger partial charge in [0.2, 0.25) is 0 Å². The topological polar surface area (TPSA) is 49.9 Å². The number of amides is 2. The van der Waals surface area contributed by atoms with Crippen LogP contribution in [0.25, 0.3) is 0 Å². The van der Waals surface area contributed by atoms with Crippen molar-refractivity contribution >= 4 is 27.9 Å². The number of halogens is 1. The first-order chi connectivity index (χ1) is 9.88. The van der Waals surface area contributed by atoms with E-state index in [1.54, 1.807) is 25.9 Å². The van der Waals surface area contributed by atoms with Gasteiger partial charge in [0.25, 0.3) is 0 Å². The number of methoxy groups -OCH3 is 1. The molecule has 1 heterocycles. The van der Waals surface area contributed by atoms with Gasteiger partial charge in [-0.3, -0.25) is 0 Å². The van der Waals surface area contributed by atoms with E-state index < -0.39 is 12.0 Å². The number of allylic oxidation sites excluding steroid dienone is 1. The summed E-state index contributed by atoms with van der Waals surface area (Å²) in [5.74, 6) is -0.424.